The van der Waals surface area contributed by atoms with Gasteiger partial charge in [0.25, 0.3) is 0 Å². The van der Waals surface area contributed by atoms with Crippen molar-refractivity contribution in [2.24, 2.45) is 0 Å². The van der Waals surface area contributed by atoms with Gasteiger partial charge >= 0.3 is 0 Å². The minimum absolute atomic E-state index is 0.302. The molecule has 0 saturated carbocycles. The Morgan fingerprint density at radius 2 is 1.59 bits per heavy atom. The van der Waals surface area contributed by atoms with Crippen LogP contribution >= 0.6 is 23.2 Å². The molecule has 0 fully saturated rings. The lowest BCUT2D eigenvalue weighted by atomic mass is 9.91. The van der Waals surface area contributed by atoms with Crippen LogP contribution in [0, 0.1) is 18.3 Å². The first-order valence-corrected chi connectivity index (χ1v) is 11.9. The van der Waals surface area contributed by atoms with Gasteiger partial charge < -0.3 is 25.8 Å². The number of aromatic nitrogens is 2. The number of ether oxygens (including phenoxy) is 2. The Kier molecular flexibility index (Phi) is 7.87. The monoisotopic (exact) mass is 534 g/mol. The molecule has 1 heterocycles. The van der Waals surface area contributed by atoms with Crippen LogP contribution in [0.4, 0.5) is 28.7 Å². The Balaban J connectivity index is 1.62. The van der Waals surface area contributed by atoms with E-state index in [0.717, 1.165) is 11.1 Å². The summed E-state index contributed by atoms with van der Waals surface area (Å²) in [5.74, 6) is 1.47. The van der Waals surface area contributed by atoms with Crippen molar-refractivity contribution in [2.45, 2.75) is 12.8 Å². The van der Waals surface area contributed by atoms with Crippen LogP contribution in [0.2, 0.25) is 10.0 Å². The van der Waals surface area contributed by atoms with Crippen molar-refractivity contribution >= 4 is 51.9 Å². The summed E-state index contributed by atoms with van der Waals surface area (Å²) in [4.78, 5) is 8.58. The van der Waals surface area contributed by atoms with Crippen molar-refractivity contribution in [3.05, 3.63) is 87.7 Å². The molecule has 0 radical (unpaired) electrons. The molecule has 0 bridgehead atoms. The van der Waals surface area contributed by atoms with Crippen molar-refractivity contribution in [3.63, 3.8) is 0 Å². The molecule has 1 aromatic heterocycles. The molecule has 0 aliphatic heterocycles. The molecule has 37 heavy (non-hydrogen) atoms. The molecule has 0 aliphatic rings. The maximum atomic E-state index is 9.86. The van der Waals surface area contributed by atoms with Crippen LogP contribution in [0.5, 0.6) is 11.5 Å². The number of nitriles is 1. The van der Waals surface area contributed by atoms with Crippen LogP contribution in [0.3, 0.4) is 0 Å². The van der Waals surface area contributed by atoms with Gasteiger partial charge in [-0.3, -0.25) is 0 Å². The third kappa shape index (κ3) is 5.64. The molecule has 10 heteroatoms. The highest BCUT2D eigenvalue weighted by molar-refractivity contribution is 6.32. The van der Waals surface area contributed by atoms with E-state index < -0.39 is 5.92 Å². The van der Waals surface area contributed by atoms with Gasteiger partial charge in [-0.25, -0.2) is 9.97 Å². The van der Waals surface area contributed by atoms with Crippen LogP contribution < -0.4 is 25.8 Å². The minimum atomic E-state index is -0.545. The Bertz CT molecular complexity index is 1470. The number of benzene rings is 3. The van der Waals surface area contributed by atoms with Gasteiger partial charge in [-0.2, -0.15) is 5.26 Å². The second-order valence-electron chi connectivity index (χ2n) is 8.10. The van der Waals surface area contributed by atoms with E-state index in [2.05, 4.69) is 26.7 Å². The van der Waals surface area contributed by atoms with Gasteiger partial charge in [0, 0.05) is 21.8 Å². The van der Waals surface area contributed by atoms with E-state index in [1.165, 1.54) is 6.33 Å². The Hall–Kier alpha value is -4.19. The molecule has 0 saturated heterocycles. The van der Waals surface area contributed by atoms with E-state index in [0.29, 0.717) is 55.8 Å². The predicted molar refractivity (Wildman–Crippen MR) is 148 cm³/mol. The number of methoxy groups -OCH3 is 2. The average Bonchev–Trinajstić information content (AvgIpc) is 2.90. The van der Waals surface area contributed by atoms with Crippen LogP contribution in [0.15, 0.2) is 60.9 Å². The van der Waals surface area contributed by atoms with E-state index in [1.807, 2.05) is 25.1 Å². The molecule has 4 aromatic rings. The summed E-state index contributed by atoms with van der Waals surface area (Å²) >= 11 is 12.6. The summed E-state index contributed by atoms with van der Waals surface area (Å²) in [6, 6.07) is 18.5. The van der Waals surface area contributed by atoms with Gasteiger partial charge in [0.15, 0.2) is 11.6 Å². The summed E-state index contributed by atoms with van der Waals surface area (Å²) in [6.07, 6.45) is 1.40. The summed E-state index contributed by atoms with van der Waals surface area (Å²) in [7, 11) is 3.15. The number of rotatable bonds is 8. The number of anilines is 5. The summed E-state index contributed by atoms with van der Waals surface area (Å²) in [6.45, 7) is 1.91. The second-order valence-corrected chi connectivity index (χ2v) is 8.95. The van der Waals surface area contributed by atoms with Crippen LogP contribution in [0.25, 0.3) is 0 Å². The third-order valence-corrected chi connectivity index (χ3v) is 6.37. The maximum Gasteiger partial charge on any atom is 0.159 e. The molecule has 4 N–H and O–H groups in total. The first-order chi connectivity index (χ1) is 17.8. The molecule has 4 rings (SSSR count). The lowest BCUT2D eigenvalue weighted by molar-refractivity contribution is 0.395. The van der Waals surface area contributed by atoms with E-state index in [1.54, 1.807) is 50.6 Å². The van der Waals surface area contributed by atoms with Gasteiger partial charge in [0.05, 0.1) is 31.9 Å². The van der Waals surface area contributed by atoms with Gasteiger partial charge in [-0.1, -0.05) is 41.4 Å². The van der Waals surface area contributed by atoms with Crippen molar-refractivity contribution in [2.75, 3.05) is 30.6 Å². The largest absolute Gasteiger partial charge is 0.497 e. The lowest BCUT2D eigenvalue weighted by Gasteiger charge is -2.18. The third-order valence-electron chi connectivity index (χ3n) is 5.79. The van der Waals surface area contributed by atoms with Gasteiger partial charge in [0.1, 0.15) is 23.5 Å². The zero-order valence-electron chi connectivity index (χ0n) is 20.3. The fourth-order valence-electron chi connectivity index (χ4n) is 3.79. The molecule has 8 nitrogen and oxygen atoms in total. The molecule has 0 amide bonds. The number of halogens is 2. The molecule has 1 atom stereocenters. The van der Waals surface area contributed by atoms with Crippen LogP contribution in [-0.2, 0) is 0 Å². The molecule has 188 valence electrons. The molecule has 0 spiro atoms. The van der Waals surface area contributed by atoms with E-state index in [-0.39, 0.29) is 0 Å². The highest BCUT2D eigenvalue weighted by Crippen LogP contribution is 2.37. The van der Waals surface area contributed by atoms with Crippen molar-refractivity contribution < 1.29 is 9.47 Å². The Morgan fingerprint density at radius 3 is 2.22 bits per heavy atom. The van der Waals surface area contributed by atoms with Gasteiger partial charge in [-0.15, -0.1) is 0 Å². The smallest absolute Gasteiger partial charge is 0.159 e. The zero-order chi connectivity index (χ0) is 26.5. The van der Waals surface area contributed by atoms with Crippen LogP contribution in [-0.4, -0.2) is 24.2 Å². The Labute approximate surface area is 225 Å². The van der Waals surface area contributed by atoms with Crippen molar-refractivity contribution in [1.29, 1.82) is 5.26 Å². The number of nitrogen functional groups attached to an aromatic ring is 1. The molecule has 1 unspecified atom stereocenters. The van der Waals surface area contributed by atoms with E-state index in [9.17, 15) is 5.26 Å². The van der Waals surface area contributed by atoms with Crippen LogP contribution in [0.1, 0.15) is 22.6 Å². The van der Waals surface area contributed by atoms with Crippen molar-refractivity contribution in [1.82, 2.24) is 9.97 Å². The number of hydrogen-bond acceptors (Lipinski definition) is 8. The average molecular weight is 535 g/mol. The Morgan fingerprint density at radius 1 is 0.919 bits per heavy atom. The first-order valence-electron chi connectivity index (χ1n) is 11.2. The van der Waals surface area contributed by atoms with E-state index >= 15 is 0 Å². The van der Waals surface area contributed by atoms with Gasteiger partial charge in [0.2, 0.25) is 0 Å². The number of aryl methyl sites for hydroxylation is 1. The second kappa shape index (κ2) is 11.2. The van der Waals surface area contributed by atoms with Crippen molar-refractivity contribution in [3.8, 4) is 17.6 Å². The number of nitrogens with one attached hydrogen (secondary N) is 2. The quantitative estimate of drug-likeness (QED) is 0.225. The summed E-state index contributed by atoms with van der Waals surface area (Å²) < 4.78 is 10.7. The molecule has 0 aliphatic carbocycles. The fourth-order valence-corrected chi connectivity index (χ4v) is 4.19. The topological polar surface area (TPSA) is 118 Å². The minimum Gasteiger partial charge on any atom is -0.497 e. The fraction of sp³-hybridized carbons (Fsp3) is 0.148. The van der Waals surface area contributed by atoms with Gasteiger partial charge in [-0.05, 0) is 53.9 Å². The SMILES string of the molecule is COc1ccc(Nc2ncnc(Nc3cc(Cl)c(C(C#N)c4ccc(Cl)cc4)cc3C)c2N)c(OC)c1. The zero-order valence-corrected chi connectivity index (χ0v) is 21.9. The molecule has 3 aromatic carbocycles. The normalized spacial score (nSPS) is 11.4. The summed E-state index contributed by atoms with van der Waals surface area (Å²) in [5.41, 5.74) is 10.4. The number of nitrogens with zero attached hydrogens (tertiary/aromatic N) is 3. The number of hydrogen-bond donors (Lipinski definition) is 3. The highest BCUT2D eigenvalue weighted by Gasteiger charge is 2.19. The predicted octanol–water partition coefficient (Wildman–Crippen LogP) is 6.83. The highest BCUT2D eigenvalue weighted by atomic mass is 35.5. The van der Waals surface area contributed by atoms with E-state index in [4.69, 9.17) is 38.4 Å². The maximum absolute atomic E-state index is 9.86. The standard InChI is InChI=1S/C27H24Cl2N6O2/c1-15-10-19(20(13-30)16-4-6-17(28)7-5-16)21(29)12-23(15)35-27-25(31)26(32-14-33-27)34-22-9-8-18(36-2)11-24(22)37-3/h4-12,14,20H,31H2,1-3H3,(H2,32,33,34,35). The molecular weight excluding hydrogens is 511 g/mol. The first kappa shape index (κ1) is 25.9. The molecular formula is C27H24Cl2N6O2. The summed E-state index contributed by atoms with van der Waals surface area (Å²) in [5, 5.41) is 17.3. The lowest BCUT2D eigenvalue weighted by Crippen LogP contribution is -2.07. The number of nitrogens with two attached hydrogens (primary N) is 1.